The summed E-state index contributed by atoms with van der Waals surface area (Å²) in [6.45, 7) is 1.45. The number of anilines is 1. The number of Topliss-reactive ketones (excluding diaryl/α,β-unsaturated/α-hetero) is 1. The number of ketones is 1. The summed E-state index contributed by atoms with van der Waals surface area (Å²) in [6, 6.07) is 11.8. The standard InChI is InChI=1S/C17H17NO3S/c1-12(19)14-5-3-7-16(10-14)18-22(20,21)17-9-8-13-4-2-6-15(13)11-17/h3,5,7-11,18H,2,4,6H2,1H3. The predicted octanol–water partition coefficient (Wildman–Crippen LogP) is 3.18. The lowest BCUT2D eigenvalue weighted by Gasteiger charge is -2.10. The number of benzene rings is 2. The Kier molecular flexibility index (Phi) is 3.74. The maximum atomic E-state index is 12.5. The van der Waals surface area contributed by atoms with E-state index in [9.17, 15) is 13.2 Å². The van der Waals surface area contributed by atoms with E-state index in [1.807, 2.05) is 6.07 Å². The van der Waals surface area contributed by atoms with E-state index in [2.05, 4.69) is 4.72 Å². The van der Waals surface area contributed by atoms with Crippen LogP contribution in [0.3, 0.4) is 0 Å². The molecule has 0 aliphatic heterocycles. The highest BCUT2D eigenvalue weighted by Gasteiger charge is 2.18. The Labute approximate surface area is 130 Å². The summed E-state index contributed by atoms with van der Waals surface area (Å²) in [5.41, 5.74) is 3.22. The molecule has 3 rings (SSSR count). The second-order valence-corrected chi connectivity index (χ2v) is 7.21. The van der Waals surface area contributed by atoms with Gasteiger partial charge in [0.15, 0.2) is 5.78 Å². The summed E-state index contributed by atoms with van der Waals surface area (Å²) >= 11 is 0. The summed E-state index contributed by atoms with van der Waals surface area (Å²) in [6.07, 6.45) is 3.02. The van der Waals surface area contributed by atoms with Gasteiger partial charge >= 0.3 is 0 Å². The summed E-state index contributed by atoms with van der Waals surface area (Å²) in [5.74, 6) is -0.0985. The predicted molar refractivity (Wildman–Crippen MR) is 85.7 cm³/mol. The van der Waals surface area contributed by atoms with Crippen molar-refractivity contribution in [3.8, 4) is 0 Å². The van der Waals surface area contributed by atoms with Crippen LogP contribution in [-0.2, 0) is 22.9 Å². The molecule has 0 saturated carbocycles. The molecule has 0 spiro atoms. The van der Waals surface area contributed by atoms with Gasteiger partial charge in [0.1, 0.15) is 0 Å². The maximum absolute atomic E-state index is 12.5. The summed E-state index contributed by atoms with van der Waals surface area (Å²) in [5, 5.41) is 0. The average molecular weight is 315 g/mol. The highest BCUT2D eigenvalue weighted by Crippen LogP contribution is 2.26. The smallest absolute Gasteiger partial charge is 0.261 e. The fraction of sp³-hybridized carbons (Fsp3) is 0.235. The fourth-order valence-electron chi connectivity index (χ4n) is 2.73. The minimum Gasteiger partial charge on any atom is -0.295 e. The molecule has 1 aliphatic rings. The number of hydrogen-bond donors (Lipinski definition) is 1. The first-order valence-corrected chi connectivity index (χ1v) is 8.70. The first kappa shape index (κ1) is 14.8. The molecular formula is C17H17NO3S. The number of carbonyl (C=O) groups is 1. The molecule has 1 N–H and O–H groups in total. The van der Waals surface area contributed by atoms with Crippen LogP contribution in [0.1, 0.15) is 34.8 Å². The molecule has 114 valence electrons. The number of fused-ring (bicyclic) bond motifs is 1. The molecule has 1 aliphatic carbocycles. The highest BCUT2D eigenvalue weighted by atomic mass is 32.2. The van der Waals surface area contributed by atoms with Gasteiger partial charge in [0.25, 0.3) is 10.0 Å². The maximum Gasteiger partial charge on any atom is 0.261 e. The molecule has 0 amide bonds. The van der Waals surface area contributed by atoms with Crippen LogP contribution in [0.4, 0.5) is 5.69 Å². The van der Waals surface area contributed by atoms with E-state index in [1.165, 1.54) is 12.5 Å². The Morgan fingerprint density at radius 1 is 1.05 bits per heavy atom. The van der Waals surface area contributed by atoms with Gasteiger partial charge in [-0.25, -0.2) is 8.42 Å². The van der Waals surface area contributed by atoms with Gasteiger partial charge in [-0.2, -0.15) is 0 Å². The van der Waals surface area contributed by atoms with E-state index in [1.54, 1.807) is 36.4 Å². The highest BCUT2D eigenvalue weighted by molar-refractivity contribution is 7.92. The van der Waals surface area contributed by atoms with Crippen LogP contribution in [0.25, 0.3) is 0 Å². The molecule has 0 heterocycles. The van der Waals surface area contributed by atoms with E-state index in [0.29, 0.717) is 11.3 Å². The number of rotatable bonds is 4. The lowest BCUT2D eigenvalue weighted by molar-refractivity contribution is 0.101. The van der Waals surface area contributed by atoms with Crippen molar-refractivity contribution in [1.82, 2.24) is 0 Å². The molecule has 2 aromatic rings. The van der Waals surface area contributed by atoms with Gasteiger partial charge < -0.3 is 0 Å². The van der Waals surface area contributed by atoms with Gasteiger partial charge in [-0.15, -0.1) is 0 Å². The first-order chi connectivity index (χ1) is 10.5. The van der Waals surface area contributed by atoms with E-state index >= 15 is 0 Å². The lowest BCUT2D eigenvalue weighted by Crippen LogP contribution is -2.13. The quantitative estimate of drug-likeness (QED) is 0.881. The molecule has 5 heteroatoms. The monoisotopic (exact) mass is 315 g/mol. The third-order valence-electron chi connectivity index (χ3n) is 3.90. The summed E-state index contributed by atoms with van der Waals surface area (Å²) in [4.78, 5) is 11.6. The molecule has 0 fully saturated rings. The molecule has 0 aromatic heterocycles. The Morgan fingerprint density at radius 3 is 2.59 bits per heavy atom. The van der Waals surface area contributed by atoms with E-state index in [4.69, 9.17) is 0 Å². The molecule has 4 nitrogen and oxygen atoms in total. The van der Waals surface area contributed by atoms with Gasteiger partial charge in [0.05, 0.1) is 4.90 Å². The second kappa shape index (κ2) is 5.57. The van der Waals surface area contributed by atoms with Crippen molar-refractivity contribution in [2.45, 2.75) is 31.1 Å². The van der Waals surface area contributed by atoms with Crippen molar-refractivity contribution in [2.75, 3.05) is 4.72 Å². The van der Waals surface area contributed by atoms with Crippen LogP contribution in [0.15, 0.2) is 47.4 Å². The zero-order valence-electron chi connectivity index (χ0n) is 12.3. The van der Waals surface area contributed by atoms with E-state index in [0.717, 1.165) is 24.8 Å². The summed E-state index contributed by atoms with van der Waals surface area (Å²) < 4.78 is 27.5. The first-order valence-electron chi connectivity index (χ1n) is 7.21. The molecule has 2 aromatic carbocycles. The zero-order chi connectivity index (χ0) is 15.7. The minimum absolute atomic E-state index is 0.0985. The van der Waals surface area contributed by atoms with Gasteiger partial charge in [-0.1, -0.05) is 18.2 Å². The molecule has 0 unspecified atom stereocenters. The fourth-order valence-corrected chi connectivity index (χ4v) is 3.83. The van der Waals surface area contributed by atoms with Crippen LogP contribution < -0.4 is 4.72 Å². The third-order valence-corrected chi connectivity index (χ3v) is 5.28. The topological polar surface area (TPSA) is 63.2 Å². The Balaban J connectivity index is 1.90. The molecule has 22 heavy (non-hydrogen) atoms. The third kappa shape index (κ3) is 2.90. The van der Waals surface area contributed by atoms with Gasteiger partial charge in [0, 0.05) is 11.3 Å². The van der Waals surface area contributed by atoms with E-state index < -0.39 is 10.0 Å². The Bertz CT molecular complexity index is 841. The van der Waals surface area contributed by atoms with Gasteiger partial charge in [-0.3, -0.25) is 9.52 Å². The second-order valence-electron chi connectivity index (χ2n) is 5.53. The van der Waals surface area contributed by atoms with Crippen molar-refractivity contribution in [3.05, 3.63) is 59.2 Å². The number of hydrogen-bond acceptors (Lipinski definition) is 3. The van der Waals surface area contributed by atoms with E-state index in [-0.39, 0.29) is 10.7 Å². The van der Waals surface area contributed by atoms with Crippen LogP contribution >= 0.6 is 0 Å². The van der Waals surface area contributed by atoms with Crippen LogP contribution in [0.5, 0.6) is 0 Å². The Hall–Kier alpha value is -2.14. The Morgan fingerprint density at radius 2 is 1.82 bits per heavy atom. The minimum atomic E-state index is -3.64. The normalized spacial score (nSPS) is 13.7. The number of nitrogens with one attached hydrogen (secondary N) is 1. The SMILES string of the molecule is CC(=O)c1cccc(NS(=O)(=O)c2ccc3c(c2)CCC3)c1. The van der Waals surface area contributed by atoms with Crippen molar-refractivity contribution >= 4 is 21.5 Å². The molecule has 0 bridgehead atoms. The molecular weight excluding hydrogens is 298 g/mol. The van der Waals surface area contributed by atoms with Crippen molar-refractivity contribution < 1.29 is 13.2 Å². The van der Waals surface area contributed by atoms with Crippen molar-refractivity contribution in [1.29, 1.82) is 0 Å². The lowest BCUT2D eigenvalue weighted by atomic mass is 10.1. The van der Waals surface area contributed by atoms with Crippen molar-refractivity contribution in [2.24, 2.45) is 0 Å². The average Bonchev–Trinajstić information content (AvgIpc) is 2.94. The van der Waals surface area contributed by atoms with Crippen LogP contribution in [0, 0.1) is 0 Å². The molecule has 0 atom stereocenters. The number of carbonyl (C=O) groups excluding carboxylic acids is 1. The molecule has 0 radical (unpaired) electrons. The number of aryl methyl sites for hydroxylation is 2. The summed E-state index contributed by atoms with van der Waals surface area (Å²) in [7, 11) is -3.64. The van der Waals surface area contributed by atoms with Crippen LogP contribution in [-0.4, -0.2) is 14.2 Å². The van der Waals surface area contributed by atoms with Crippen LogP contribution in [0.2, 0.25) is 0 Å². The number of sulfonamides is 1. The van der Waals surface area contributed by atoms with Gasteiger partial charge in [-0.05, 0) is 61.6 Å². The van der Waals surface area contributed by atoms with Crippen molar-refractivity contribution in [3.63, 3.8) is 0 Å². The zero-order valence-corrected chi connectivity index (χ0v) is 13.1. The largest absolute Gasteiger partial charge is 0.295 e. The van der Waals surface area contributed by atoms with Gasteiger partial charge in [0.2, 0.25) is 0 Å². The molecule has 0 saturated heterocycles.